The van der Waals surface area contributed by atoms with Crippen LogP contribution in [-0.4, -0.2) is 31.8 Å². The Hall–Kier alpha value is -0.870. The molecule has 4 heteroatoms. The Labute approximate surface area is 119 Å². The van der Waals surface area contributed by atoms with Crippen molar-refractivity contribution in [3.63, 3.8) is 0 Å². The minimum atomic E-state index is 0.423. The lowest BCUT2D eigenvalue weighted by Gasteiger charge is -2.23. The summed E-state index contributed by atoms with van der Waals surface area (Å²) in [5, 5.41) is 3.47. The van der Waals surface area contributed by atoms with Gasteiger partial charge in [-0.2, -0.15) is 11.8 Å². The summed E-state index contributed by atoms with van der Waals surface area (Å²) < 4.78 is 11.5. The molecule has 2 aliphatic rings. The number of ether oxygens (including phenoxy) is 2. The third kappa shape index (κ3) is 2.84. The molecule has 0 spiro atoms. The monoisotopic (exact) mass is 279 g/mol. The number of benzene rings is 1. The van der Waals surface area contributed by atoms with Gasteiger partial charge >= 0.3 is 0 Å². The lowest BCUT2D eigenvalue weighted by Crippen LogP contribution is -2.25. The average molecular weight is 279 g/mol. The van der Waals surface area contributed by atoms with E-state index in [1.807, 2.05) is 0 Å². The molecule has 104 valence electrons. The number of rotatable bonds is 3. The second-order valence-corrected chi connectivity index (χ2v) is 6.30. The largest absolute Gasteiger partial charge is 0.490 e. The molecule has 1 fully saturated rings. The van der Waals surface area contributed by atoms with Crippen LogP contribution in [0.25, 0.3) is 0 Å². The lowest BCUT2D eigenvalue weighted by molar-refractivity contribution is 0.296. The predicted octanol–water partition coefficient (Wildman–Crippen LogP) is 2.86. The number of fused-ring (bicyclic) bond motifs is 1. The molecule has 1 aromatic rings. The summed E-state index contributed by atoms with van der Waals surface area (Å²) in [6, 6.07) is 6.82. The van der Waals surface area contributed by atoms with Gasteiger partial charge in [-0.25, -0.2) is 0 Å². The first-order valence-corrected chi connectivity index (χ1v) is 8.18. The van der Waals surface area contributed by atoms with E-state index < -0.39 is 0 Å². The number of thioether (sulfide) groups is 1. The molecular formula is C15H21NO2S. The van der Waals surface area contributed by atoms with Crippen LogP contribution in [0, 0.1) is 5.92 Å². The Kier molecular flexibility index (Phi) is 4.18. The first-order valence-electron chi connectivity index (χ1n) is 7.03. The normalized spacial score (nSPS) is 23.9. The molecule has 2 aliphatic heterocycles. The van der Waals surface area contributed by atoms with Crippen molar-refractivity contribution in [2.24, 2.45) is 5.92 Å². The topological polar surface area (TPSA) is 30.5 Å². The van der Waals surface area contributed by atoms with Crippen LogP contribution in [0.4, 0.5) is 0 Å². The third-order valence-corrected chi connectivity index (χ3v) is 5.07. The van der Waals surface area contributed by atoms with Crippen molar-refractivity contribution in [1.29, 1.82) is 0 Å². The lowest BCUT2D eigenvalue weighted by atomic mass is 9.92. The van der Waals surface area contributed by atoms with Crippen molar-refractivity contribution < 1.29 is 9.47 Å². The molecule has 0 bridgehead atoms. The fourth-order valence-corrected chi connectivity index (χ4v) is 4.16. The molecule has 19 heavy (non-hydrogen) atoms. The summed E-state index contributed by atoms with van der Waals surface area (Å²) in [6.45, 7) is 1.50. The molecule has 3 nitrogen and oxygen atoms in total. The van der Waals surface area contributed by atoms with Crippen LogP contribution in [0.2, 0.25) is 0 Å². The van der Waals surface area contributed by atoms with Crippen molar-refractivity contribution >= 4 is 11.8 Å². The SMILES string of the molecule is CNC(c1ccc2c(c1)OCCCO2)C1CCSC1. The second kappa shape index (κ2) is 6.06. The van der Waals surface area contributed by atoms with E-state index in [2.05, 4.69) is 42.3 Å². The summed E-state index contributed by atoms with van der Waals surface area (Å²) in [5.41, 5.74) is 1.32. The summed E-state index contributed by atoms with van der Waals surface area (Å²) in [5.74, 6) is 5.05. The number of hydrogen-bond donors (Lipinski definition) is 1. The van der Waals surface area contributed by atoms with E-state index in [1.165, 1.54) is 23.5 Å². The van der Waals surface area contributed by atoms with Gasteiger partial charge in [-0.15, -0.1) is 0 Å². The zero-order valence-corrected chi connectivity index (χ0v) is 12.2. The quantitative estimate of drug-likeness (QED) is 0.921. The highest BCUT2D eigenvalue weighted by Gasteiger charge is 2.26. The van der Waals surface area contributed by atoms with Crippen LogP contribution in [0.1, 0.15) is 24.4 Å². The first-order chi connectivity index (χ1) is 9.38. The van der Waals surface area contributed by atoms with Gasteiger partial charge < -0.3 is 14.8 Å². The zero-order valence-electron chi connectivity index (χ0n) is 11.4. The van der Waals surface area contributed by atoms with E-state index in [4.69, 9.17) is 9.47 Å². The Morgan fingerprint density at radius 1 is 1.26 bits per heavy atom. The Bertz CT molecular complexity index is 432. The standard InChI is InChI=1S/C15H21NO2S/c1-16-15(12-5-8-19-10-12)11-3-4-13-14(9-11)18-7-2-6-17-13/h3-4,9,12,15-16H,2,5-8,10H2,1H3. The van der Waals surface area contributed by atoms with Crippen molar-refractivity contribution in [2.75, 3.05) is 31.8 Å². The van der Waals surface area contributed by atoms with Gasteiger partial charge in [0.25, 0.3) is 0 Å². The molecule has 0 amide bonds. The van der Waals surface area contributed by atoms with Crippen LogP contribution in [0.5, 0.6) is 11.5 Å². The highest BCUT2D eigenvalue weighted by atomic mass is 32.2. The predicted molar refractivity (Wildman–Crippen MR) is 79.3 cm³/mol. The van der Waals surface area contributed by atoms with Gasteiger partial charge in [0.1, 0.15) is 0 Å². The van der Waals surface area contributed by atoms with Gasteiger partial charge in [0.05, 0.1) is 13.2 Å². The molecule has 2 unspecified atom stereocenters. The molecule has 0 saturated carbocycles. The van der Waals surface area contributed by atoms with Gasteiger partial charge in [0, 0.05) is 12.5 Å². The minimum Gasteiger partial charge on any atom is -0.490 e. The van der Waals surface area contributed by atoms with E-state index in [0.717, 1.165) is 37.1 Å². The van der Waals surface area contributed by atoms with Gasteiger partial charge in [0.15, 0.2) is 11.5 Å². The molecule has 0 aliphatic carbocycles. The fraction of sp³-hybridized carbons (Fsp3) is 0.600. The molecule has 2 atom stereocenters. The van der Waals surface area contributed by atoms with Crippen molar-refractivity contribution in [3.8, 4) is 11.5 Å². The summed E-state index contributed by atoms with van der Waals surface area (Å²) in [4.78, 5) is 0. The van der Waals surface area contributed by atoms with Crippen LogP contribution in [0.3, 0.4) is 0 Å². The van der Waals surface area contributed by atoms with Crippen LogP contribution < -0.4 is 14.8 Å². The molecule has 1 saturated heterocycles. The molecular weight excluding hydrogens is 258 g/mol. The summed E-state index contributed by atoms with van der Waals surface area (Å²) in [7, 11) is 2.05. The Morgan fingerprint density at radius 3 is 2.84 bits per heavy atom. The number of nitrogens with one attached hydrogen (secondary N) is 1. The molecule has 0 aromatic heterocycles. The Balaban J connectivity index is 1.85. The first kappa shape index (κ1) is 13.1. The van der Waals surface area contributed by atoms with Crippen molar-refractivity contribution in [1.82, 2.24) is 5.32 Å². The highest BCUT2D eigenvalue weighted by Crippen LogP contribution is 2.38. The van der Waals surface area contributed by atoms with E-state index in [0.29, 0.717) is 6.04 Å². The van der Waals surface area contributed by atoms with Gasteiger partial charge in [-0.3, -0.25) is 0 Å². The van der Waals surface area contributed by atoms with Gasteiger partial charge in [-0.05, 0) is 48.6 Å². The van der Waals surface area contributed by atoms with Crippen LogP contribution in [0.15, 0.2) is 18.2 Å². The second-order valence-electron chi connectivity index (χ2n) is 5.15. The average Bonchev–Trinajstić information content (AvgIpc) is 2.85. The van der Waals surface area contributed by atoms with Gasteiger partial charge in [-0.1, -0.05) is 6.07 Å². The van der Waals surface area contributed by atoms with E-state index in [-0.39, 0.29) is 0 Å². The Morgan fingerprint density at radius 2 is 2.11 bits per heavy atom. The maximum absolute atomic E-state index is 5.79. The van der Waals surface area contributed by atoms with E-state index in [9.17, 15) is 0 Å². The van der Waals surface area contributed by atoms with Crippen molar-refractivity contribution in [3.05, 3.63) is 23.8 Å². The molecule has 3 rings (SSSR count). The highest BCUT2D eigenvalue weighted by molar-refractivity contribution is 7.99. The summed E-state index contributed by atoms with van der Waals surface area (Å²) >= 11 is 2.06. The minimum absolute atomic E-state index is 0.423. The zero-order chi connectivity index (χ0) is 13.1. The molecule has 2 heterocycles. The maximum Gasteiger partial charge on any atom is 0.161 e. The third-order valence-electron chi connectivity index (χ3n) is 3.88. The van der Waals surface area contributed by atoms with E-state index in [1.54, 1.807) is 0 Å². The smallest absolute Gasteiger partial charge is 0.161 e. The van der Waals surface area contributed by atoms with Crippen molar-refractivity contribution in [2.45, 2.75) is 18.9 Å². The van der Waals surface area contributed by atoms with Crippen LogP contribution >= 0.6 is 11.8 Å². The van der Waals surface area contributed by atoms with E-state index >= 15 is 0 Å². The summed E-state index contributed by atoms with van der Waals surface area (Å²) in [6.07, 6.45) is 2.25. The maximum atomic E-state index is 5.79. The van der Waals surface area contributed by atoms with Crippen LogP contribution in [-0.2, 0) is 0 Å². The number of hydrogen-bond acceptors (Lipinski definition) is 4. The molecule has 1 N–H and O–H groups in total. The molecule has 1 aromatic carbocycles. The fourth-order valence-electron chi connectivity index (χ4n) is 2.86. The van der Waals surface area contributed by atoms with Gasteiger partial charge in [0.2, 0.25) is 0 Å². The molecule has 0 radical (unpaired) electrons.